The van der Waals surface area contributed by atoms with E-state index in [0.29, 0.717) is 10.8 Å². The Morgan fingerprint density at radius 1 is 1.10 bits per heavy atom. The van der Waals surface area contributed by atoms with Gasteiger partial charge in [0.05, 0.1) is 10.6 Å². The molecule has 0 bridgehead atoms. The van der Waals surface area contributed by atoms with Crippen LogP contribution in [0.15, 0.2) is 36.4 Å². The highest BCUT2D eigenvalue weighted by Crippen LogP contribution is 2.21. The van der Waals surface area contributed by atoms with Crippen molar-refractivity contribution in [2.45, 2.75) is 12.5 Å². The molecule has 1 unspecified atom stereocenters. The summed E-state index contributed by atoms with van der Waals surface area (Å²) in [5.74, 6) is -3.89. The average Bonchev–Trinajstić information content (AvgIpc) is 2.70. The molecular weight excluding hydrogens is 459 g/mol. The molecule has 2 rings (SSSR count). The summed E-state index contributed by atoms with van der Waals surface area (Å²) in [7, 11) is 0. The topological polar surface area (TPSA) is 72.5 Å². The van der Waals surface area contributed by atoms with Gasteiger partial charge < -0.3 is 10.1 Å². The van der Waals surface area contributed by atoms with Gasteiger partial charge in [-0.05, 0) is 54.8 Å². The molecule has 10 heteroatoms. The normalized spacial score (nSPS) is 11.6. The molecule has 0 fully saturated rings. The first-order chi connectivity index (χ1) is 14.2. The van der Waals surface area contributed by atoms with Crippen molar-refractivity contribution < 1.29 is 27.9 Å². The van der Waals surface area contributed by atoms with Gasteiger partial charge in [-0.15, -0.1) is 0 Å². The molecule has 1 amide bonds. The third-order valence-corrected chi connectivity index (χ3v) is 5.16. The largest absolute Gasteiger partial charge is 0.456 e. The van der Waals surface area contributed by atoms with E-state index < -0.39 is 41.9 Å². The Morgan fingerprint density at radius 3 is 2.47 bits per heavy atom. The summed E-state index contributed by atoms with van der Waals surface area (Å²) in [6.45, 7) is -0.683. The van der Waals surface area contributed by atoms with Crippen LogP contribution in [-0.4, -0.2) is 42.3 Å². The molecule has 2 aromatic carbocycles. The summed E-state index contributed by atoms with van der Waals surface area (Å²) < 4.78 is 31.2. The minimum atomic E-state index is -1.18. The van der Waals surface area contributed by atoms with Crippen molar-refractivity contribution in [1.29, 1.82) is 0 Å². The monoisotopic (exact) mass is 475 g/mol. The SMILES string of the molecule is CSCCC(NC(=O)c1ccc(Cl)cc1Cl)C(=O)OCC(=O)c1ccc(F)c(F)c1. The van der Waals surface area contributed by atoms with E-state index in [2.05, 4.69) is 5.32 Å². The Kier molecular flexibility index (Phi) is 9.08. The van der Waals surface area contributed by atoms with Crippen molar-refractivity contribution in [1.82, 2.24) is 5.32 Å². The van der Waals surface area contributed by atoms with E-state index in [4.69, 9.17) is 27.9 Å². The van der Waals surface area contributed by atoms with Gasteiger partial charge in [0.2, 0.25) is 0 Å². The number of amides is 1. The second-order valence-electron chi connectivity index (χ2n) is 6.09. The number of ether oxygens (including phenoxy) is 1. The molecule has 0 spiro atoms. The highest BCUT2D eigenvalue weighted by atomic mass is 35.5. The van der Waals surface area contributed by atoms with Crippen LogP contribution in [0.3, 0.4) is 0 Å². The van der Waals surface area contributed by atoms with E-state index in [1.54, 1.807) is 0 Å². The van der Waals surface area contributed by atoms with Gasteiger partial charge in [0.25, 0.3) is 5.91 Å². The predicted octanol–water partition coefficient (Wildman–Crippen LogP) is 4.55. The fraction of sp³-hybridized carbons (Fsp3) is 0.250. The molecule has 1 atom stereocenters. The maximum absolute atomic E-state index is 13.3. The number of rotatable bonds is 9. The van der Waals surface area contributed by atoms with Crippen LogP contribution in [-0.2, 0) is 9.53 Å². The van der Waals surface area contributed by atoms with Crippen LogP contribution >= 0.6 is 35.0 Å². The lowest BCUT2D eigenvalue weighted by molar-refractivity contribution is -0.144. The first-order valence-corrected chi connectivity index (χ1v) is 10.8. The molecule has 160 valence electrons. The Bertz CT molecular complexity index is 958. The maximum Gasteiger partial charge on any atom is 0.329 e. The number of Topliss-reactive ketones (excluding diaryl/α,β-unsaturated/α-hetero) is 1. The minimum absolute atomic E-state index is 0.116. The lowest BCUT2D eigenvalue weighted by Gasteiger charge is -2.17. The summed E-state index contributed by atoms with van der Waals surface area (Å²) in [6, 6.07) is 5.89. The molecule has 0 saturated heterocycles. The van der Waals surface area contributed by atoms with E-state index in [0.717, 1.165) is 18.2 Å². The molecule has 0 aromatic heterocycles. The van der Waals surface area contributed by atoms with Crippen LogP contribution in [0.25, 0.3) is 0 Å². The van der Waals surface area contributed by atoms with Crippen LogP contribution in [0.1, 0.15) is 27.1 Å². The highest BCUT2D eigenvalue weighted by molar-refractivity contribution is 7.98. The third-order valence-electron chi connectivity index (χ3n) is 3.96. The number of halogens is 4. The number of thioether (sulfide) groups is 1. The number of nitrogens with one attached hydrogen (secondary N) is 1. The summed E-state index contributed by atoms with van der Waals surface area (Å²) in [6.07, 6.45) is 2.07. The van der Waals surface area contributed by atoms with Gasteiger partial charge in [0.15, 0.2) is 24.0 Å². The van der Waals surface area contributed by atoms with Crippen LogP contribution in [0.5, 0.6) is 0 Å². The van der Waals surface area contributed by atoms with Gasteiger partial charge in [0, 0.05) is 10.6 Å². The van der Waals surface area contributed by atoms with Gasteiger partial charge in [-0.1, -0.05) is 23.2 Å². The average molecular weight is 476 g/mol. The maximum atomic E-state index is 13.3. The molecule has 30 heavy (non-hydrogen) atoms. The zero-order valence-electron chi connectivity index (χ0n) is 15.7. The Morgan fingerprint density at radius 2 is 1.83 bits per heavy atom. The smallest absolute Gasteiger partial charge is 0.329 e. The summed E-state index contributed by atoms with van der Waals surface area (Å²) >= 11 is 13.3. The highest BCUT2D eigenvalue weighted by Gasteiger charge is 2.24. The lowest BCUT2D eigenvalue weighted by Crippen LogP contribution is -2.42. The first-order valence-electron chi connectivity index (χ1n) is 8.62. The number of esters is 1. The number of benzene rings is 2. The fourth-order valence-electron chi connectivity index (χ4n) is 2.38. The zero-order valence-corrected chi connectivity index (χ0v) is 18.0. The van der Waals surface area contributed by atoms with E-state index in [9.17, 15) is 23.2 Å². The van der Waals surface area contributed by atoms with E-state index in [1.165, 1.54) is 30.0 Å². The standard InChI is InChI=1S/C20H17Cl2F2NO4S/c1-30-7-6-17(25-19(27)13-4-3-12(21)9-14(13)22)20(28)29-10-18(26)11-2-5-15(23)16(24)8-11/h2-5,8-9,17H,6-7,10H2,1H3,(H,25,27). The molecule has 1 N–H and O–H groups in total. The van der Waals surface area contributed by atoms with Crippen molar-refractivity contribution in [3.63, 3.8) is 0 Å². The zero-order chi connectivity index (χ0) is 22.3. The molecule has 0 aliphatic heterocycles. The number of carbonyl (C=O) groups is 3. The summed E-state index contributed by atoms with van der Waals surface area (Å²) in [5.41, 5.74) is -0.0137. The minimum Gasteiger partial charge on any atom is -0.456 e. The summed E-state index contributed by atoms with van der Waals surface area (Å²) in [4.78, 5) is 37.0. The third kappa shape index (κ3) is 6.68. The van der Waals surface area contributed by atoms with Gasteiger partial charge in [0.1, 0.15) is 6.04 Å². The molecule has 2 aromatic rings. The molecule has 0 radical (unpaired) electrons. The second kappa shape index (κ2) is 11.3. The Labute approximate surface area is 186 Å². The van der Waals surface area contributed by atoms with Gasteiger partial charge in [-0.25, -0.2) is 13.6 Å². The lowest BCUT2D eigenvalue weighted by atomic mass is 10.1. The Hall–Kier alpha value is -2.16. The molecule has 0 aliphatic rings. The number of carbonyl (C=O) groups excluding carboxylic acids is 3. The van der Waals surface area contributed by atoms with E-state index >= 15 is 0 Å². The molecule has 0 saturated carbocycles. The molecule has 5 nitrogen and oxygen atoms in total. The molecule has 0 heterocycles. The quantitative estimate of drug-likeness (QED) is 0.425. The van der Waals surface area contributed by atoms with Gasteiger partial charge in [-0.2, -0.15) is 11.8 Å². The van der Waals surface area contributed by atoms with Crippen molar-refractivity contribution in [3.05, 3.63) is 69.2 Å². The number of hydrogen-bond donors (Lipinski definition) is 1. The molecule has 0 aliphatic carbocycles. The predicted molar refractivity (Wildman–Crippen MR) is 112 cm³/mol. The van der Waals surface area contributed by atoms with Gasteiger partial charge in [-0.3, -0.25) is 9.59 Å². The van der Waals surface area contributed by atoms with E-state index in [-0.39, 0.29) is 22.6 Å². The first kappa shape index (κ1) is 24.1. The van der Waals surface area contributed by atoms with Crippen molar-refractivity contribution in [3.8, 4) is 0 Å². The van der Waals surface area contributed by atoms with Crippen molar-refractivity contribution >= 4 is 52.6 Å². The van der Waals surface area contributed by atoms with Crippen LogP contribution in [0.2, 0.25) is 10.0 Å². The van der Waals surface area contributed by atoms with Crippen LogP contribution < -0.4 is 5.32 Å². The van der Waals surface area contributed by atoms with Crippen LogP contribution in [0, 0.1) is 11.6 Å². The second-order valence-corrected chi connectivity index (χ2v) is 7.92. The molecular formula is C20H17Cl2F2NO4S. The van der Waals surface area contributed by atoms with Gasteiger partial charge >= 0.3 is 5.97 Å². The van der Waals surface area contributed by atoms with Crippen molar-refractivity contribution in [2.75, 3.05) is 18.6 Å². The van der Waals surface area contributed by atoms with Crippen molar-refractivity contribution in [2.24, 2.45) is 0 Å². The Balaban J connectivity index is 2.04. The number of ketones is 1. The summed E-state index contributed by atoms with van der Waals surface area (Å²) in [5, 5.41) is 3.00. The van der Waals surface area contributed by atoms with E-state index in [1.807, 2.05) is 6.26 Å². The van der Waals surface area contributed by atoms with Crippen LogP contribution in [0.4, 0.5) is 8.78 Å². The fourth-order valence-corrected chi connectivity index (χ4v) is 3.35. The number of hydrogen-bond acceptors (Lipinski definition) is 5.